The molecule has 1 aliphatic rings. The number of thiazole rings is 1. The molecule has 0 aliphatic carbocycles. The van der Waals surface area contributed by atoms with Crippen molar-refractivity contribution in [2.24, 2.45) is 0 Å². The van der Waals surface area contributed by atoms with Crippen LogP contribution in [0.25, 0.3) is 10.2 Å². The lowest BCUT2D eigenvalue weighted by Crippen LogP contribution is -2.48. The van der Waals surface area contributed by atoms with Gasteiger partial charge in [0, 0.05) is 11.7 Å². The molecule has 1 amide bonds. The Hall–Kier alpha value is -3.63. The van der Waals surface area contributed by atoms with Gasteiger partial charge >= 0.3 is 4.87 Å². The summed E-state index contributed by atoms with van der Waals surface area (Å²) in [4.78, 5) is 25.8. The number of carbonyl (C=O) groups is 1. The van der Waals surface area contributed by atoms with Crippen molar-refractivity contribution in [1.29, 1.82) is 0 Å². The van der Waals surface area contributed by atoms with E-state index >= 15 is 0 Å². The fourth-order valence-corrected chi connectivity index (χ4v) is 6.91. The quantitative estimate of drug-likeness (QED) is 0.392. The molecule has 0 radical (unpaired) electrons. The van der Waals surface area contributed by atoms with Crippen LogP contribution in [0.4, 0.5) is 11.4 Å². The summed E-state index contributed by atoms with van der Waals surface area (Å²) < 4.78 is 37.0. The van der Waals surface area contributed by atoms with Crippen LogP contribution in [0.5, 0.6) is 5.75 Å². The Labute approximate surface area is 219 Å². The molecule has 0 saturated heterocycles. The predicted octanol–water partition coefficient (Wildman–Crippen LogP) is 4.86. The Morgan fingerprint density at radius 2 is 1.73 bits per heavy atom. The lowest BCUT2D eigenvalue weighted by atomic mass is 10.1. The second-order valence-electron chi connectivity index (χ2n) is 9.43. The van der Waals surface area contributed by atoms with E-state index in [0.29, 0.717) is 17.1 Å². The van der Waals surface area contributed by atoms with Gasteiger partial charge in [-0.3, -0.25) is 18.5 Å². The van der Waals surface area contributed by atoms with E-state index < -0.39 is 22.0 Å². The second-order valence-corrected chi connectivity index (χ2v) is 12.3. The molecule has 4 aromatic rings. The highest BCUT2D eigenvalue weighted by molar-refractivity contribution is 7.92. The maximum absolute atomic E-state index is 13.6. The van der Waals surface area contributed by atoms with Crippen molar-refractivity contribution in [3.63, 3.8) is 0 Å². The number of hydrogen-bond acceptors (Lipinski definition) is 6. The van der Waals surface area contributed by atoms with E-state index in [0.717, 1.165) is 32.7 Å². The topological polar surface area (TPSA) is 97.7 Å². The fourth-order valence-electron chi connectivity index (χ4n) is 4.39. The number of carbonyl (C=O) groups excluding carboxylic acids is 1. The zero-order chi connectivity index (χ0) is 26.5. The highest BCUT2D eigenvalue weighted by atomic mass is 32.2. The van der Waals surface area contributed by atoms with Gasteiger partial charge in [-0.25, -0.2) is 8.42 Å². The Morgan fingerprint density at radius 1 is 1.03 bits per heavy atom. The lowest BCUT2D eigenvalue weighted by Gasteiger charge is -2.35. The Kier molecular flexibility index (Phi) is 6.33. The van der Waals surface area contributed by atoms with Crippen LogP contribution in [0.15, 0.2) is 70.4 Å². The lowest BCUT2D eigenvalue weighted by molar-refractivity contribution is -0.122. The van der Waals surface area contributed by atoms with E-state index in [1.54, 1.807) is 59.2 Å². The molecule has 0 spiro atoms. The van der Waals surface area contributed by atoms with Gasteiger partial charge in [0.05, 0.1) is 27.3 Å². The standard InChI is InChI=1S/C27H27N3O5S2/c1-16(2)30-21-11-8-19(14-25(21)36-27(30)32)28-26(31)24-15-29(22-13-18(4)7-12-23(22)35-24)37(33,34)20-9-5-17(3)6-10-20/h5-14,16,24H,15H2,1-4H3,(H,28,31)/t24-/m0/s1. The molecular weight excluding hydrogens is 510 g/mol. The van der Waals surface area contributed by atoms with Crippen molar-refractivity contribution >= 4 is 48.9 Å². The number of aryl methyl sites for hydroxylation is 2. The third-order valence-corrected chi connectivity index (χ3v) is 8.99. The van der Waals surface area contributed by atoms with Crippen molar-refractivity contribution in [1.82, 2.24) is 4.57 Å². The van der Waals surface area contributed by atoms with Crippen LogP contribution in [0.1, 0.15) is 31.0 Å². The predicted molar refractivity (Wildman–Crippen MR) is 146 cm³/mol. The zero-order valence-corrected chi connectivity index (χ0v) is 22.5. The van der Waals surface area contributed by atoms with Crippen LogP contribution in [0, 0.1) is 13.8 Å². The summed E-state index contributed by atoms with van der Waals surface area (Å²) in [6, 6.07) is 17.1. The van der Waals surface area contributed by atoms with E-state index in [2.05, 4.69) is 5.32 Å². The molecule has 0 unspecified atom stereocenters. The van der Waals surface area contributed by atoms with Gasteiger partial charge in [-0.15, -0.1) is 0 Å². The summed E-state index contributed by atoms with van der Waals surface area (Å²) in [6.45, 7) is 7.46. The minimum Gasteiger partial charge on any atom is -0.476 e. The highest BCUT2D eigenvalue weighted by Crippen LogP contribution is 2.38. The smallest absolute Gasteiger partial charge is 0.308 e. The Balaban J connectivity index is 1.46. The van der Waals surface area contributed by atoms with Crippen molar-refractivity contribution in [3.8, 4) is 5.75 Å². The van der Waals surface area contributed by atoms with E-state index in [4.69, 9.17) is 4.74 Å². The first-order valence-corrected chi connectivity index (χ1v) is 14.1. The van der Waals surface area contributed by atoms with Crippen LogP contribution in [0.3, 0.4) is 0 Å². The van der Waals surface area contributed by atoms with E-state index in [1.807, 2.05) is 33.8 Å². The molecule has 10 heteroatoms. The van der Waals surface area contributed by atoms with Gasteiger partial charge in [0.15, 0.2) is 6.10 Å². The van der Waals surface area contributed by atoms with Gasteiger partial charge < -0.3 is 10.1 Å². The number of rotatable bonds is 5. The summed E-state index contributed by atoms with van der Waals surface area (Å²) in [6.07, 6.45) is -1.08. The second kappa shape index (κ2) is 9.35. The number of sulfonamides is 1. The van der Waals surface area contributed by atoms with Crippen LogP contribution in [0.2, 0.25) is 0 Å². The summed E-state index contributed by atoms with van der Waals surface area (Å²) in [5, 5.41) is 2.83. The third-order valence-electron chi connectivity index (χ3n) is 6.28. The van der Waals surface area contributed by atoms with Crippen LogP contribution in [-0.2, 0) is 14.8 Å². The third kappa shape index (κ3) is 4.62. The van der Waals surface area contributed by atoms with E-state index in [9.17, 15) is 18.0 Å². The van der Waals surface area contributed by atoms with Crippen molar-refractivity contribution in [3.05, 3.63) is 81.5 Å². The number of fused-ring (bicyclic) bond motifs is 2. The van der Waals surface area contributed by atoms with Gasteiger partial charge in [-0.1, -0.05) is 35.1 Å². The van der Waals surface area contributed by atoms with Gasteiger partial charge in [0.2, 0.25) is 0 Å². The molecule has 192 valence electrons. The summed E-state index contributed by atoms with van der Waals surface area (Å²) in [5.41, 5.74) is 3.51. The van der Waals surface area contributed by atoms with Gasteiger partial charge in [0.25, 0.3) is 15.9 Å². The van der Waals surface area contributed by atoms with Gasteiger partial charge in [0.1, 0.15) is 5.75 Å². The van der Waals surface area contributed by atoms with Crippen molar-refractivity contribution in [2.75, 3.05) is 16.2 Å². The number of amides is 1. The summed E-state index contributed by atoms with van der Waals surface area (Å²) in [7, 11) is -3.95. The molecule has 5 rings (SSSR count). The zero-order valence-electron chi connectivity index (χ0n) is 20.9. The number of nitrogens with one attached hydrogen (secondary N) is 1. The maximum Gasteiger partial charge on any atom is 0.308 e. The van der Waals surface area contributed by atoms with Crippen LogP contribution in [-0.4, -0.2) is 31.5 Å². The molecule has 1 atom stereocenters. The van der Waals surface area contributed by atoms with Crippen molar-refractivity contribution in [2.45, 2.75) is 44.7 Å². The average molecular weight is 538 g/mol. The molecule has 0 fully saturated rings. The molecule has 8 nitrogen and oxygen atoms in total. The molecule has 2 heterocycles. The fraction of sp³-hybridized carbons (Fsp3) is 0.259. The Bertz CT molecular complexity index is 1670. The first-order chi connectivity index (χ1) is 17.5. The van der Waals surface area contributed by atoms with E-state index in [-0.39, 0.29) is 22.4 Å². The largest absolute Gasteiger partial charge is 0.476 e. The van der Waals surface area contributed by atoms with Crippen LogP contribution >= 0.6 is 11.3 Å². The number of hydrogen-bond donors (Lipinski definition) is 1. The average Bonchev–Trinajstić information content (AvgIpc) is 3.18. The molecular formula is C27H27N3O5S2. The normalized spacial score (nSPS) is 15.5. The van der Waals surface area contributed by atoms with Gasteiger partial charge in [-0.05, 0) is 75.7 Å². The Morgan fingerprint density at radius 3 is 2.43 bits per heavy atom. The van der Waals surface area contributed by atoms with E-state index in [1.165, 1.54) is 4.31 Å². The molecule has 1 N–H and O–H groups in total. The monoisotopic (exact) mass is 537 g/mol. The van der Waals surface area contributed by atoms with Crippen molar-refractivity contribution < 1.29 is 17.9 Å². The number of ether oxygens (including phenoxy) is 1. The molecule has 0 saturated carbocycles. The highest BCUT2D eigenvalue weighted by Gasteiger charge is 2.37. The molecule has 0 bridgehead atoms. The van der Waals surface area contributed by atoms with Gasteiger partial charge in [-0.2, -0.15) is 0 Å². The number of anilines is 2. The number of benzene rings is 3. The maximum atomic E-state index is 13.6. The summed E-state index contributed by atoms with van der Waals surface area (Å²) >= 11 is 1.12. The minimum absolute atomic E-state index is 0.0162. The first-order valence-electron chi connectivity index (χ1n) is 11.9. The first kappa shape index (κ1) is 25.0. The SMILES string of the molecule is Cc1ccc(S(=O)(=O)N2C[C@@H](C(=O)Nc3ccc4c(c3)sc(=O)n4C(C)C)Oc3ccc(C)cc32)cc1. The molecule has 1 aliphatic heterocycles. The molecule has 37 heavy (non-hydrogen) atoms. The molecule has 3 aromatic carbocycles. The number of nitrogens with zero attached hydrogens (tertiary/aromatic N) is 2. The minimum atomic E-state index is -3.95. The summed E-state index contributed by atoms with van der Waals surface area (Å²) in [5.74, 6) is -0.166. The number of aromatic nitrogens is 1. The molecule has 1 aromatic heterocycles. The van der Waals surface area contributed by atoms with Crippen LogP contribution < -0.4 is 19.2 Å².